The number of amides is 1. The third-order valence-corrected chi connectivity index (χ3v) is 4.64. The minimum atomic E-state index is -0.477. The SMILES string of the molecule is COc1ccc(N2CCN(C(=O)[C@@H](N)Cc3ccccc3)CC2)cc1. The van der Waals surface area contributed by atoms with E-state index in [1.54, 1.807) is 7.11 Å². The fourth-order valence-corrected chi connectivity index (χ4v) is 3.17. The smallest absolute Gasteiger partial charge is 0.239 e. The highest BCUT2D eigenvalue weighted by Crippen LogP contribution is 2.20. The molecule has 2 aromatic carbocycles. The van der Waals surface area contributed by atoms with E-state index in [1.807, 2.05) is 47.4 Å². The van der Waals surface area contributed by atoms with Gasteiger partial charge in [-0.25, -0.2) is 0 Å². The van der Waals surface area contributed by atoms with Crippen molar-refractivity contribution in [2.45, 2.75) is 12.5 Å². The Kier molecular flexibility index (Phi) is 5.56. The van der Waals surface area contributed by atoms with E-state index < -0.39 is 6.04 Å². The van der Waals surface area contributed by atoms with Gasteiger partial charge in [0.15, 0.2) is 0 Å². The number of benzene rings is 2. The standard InChI is InChI=1S/C20H25N3O2/c1-25-18-9-7-17(8-10-18)22-11-13-23(14-12-22)20(24)19(21)15-16-5-3-2-4-6-16/h2-10,19H,11-15,21H2,1H3/t19-/m0/s1. The van der Waals surface area contributed by atoms with Crippen molar-refractivity contribution >= 4 is 11.6 Å². The van der Waals surface area contributed by atoms with Crippen LogP contribution in [-0.4, -0.2) is 50.1 Å². The topological polar surface area (TPSA) is 58.8 Å². The summed E-state index contributed by atoms with van der Waals surface area (Å²) in [7, 11) is 1.66. The molecular weight excluding hydrogens is 314 g/mol. The van der Waals surface area contributed by atoms with Gasteiger partial charge in [-0.05, 0) is 36.2 Å². The average molecular weight is 339 g/mol. The highest BCUT2D eigenvalue weighted by atomic mass is 16.5. The van der Waals surface area contributed by atoms with Crippen LogP contribution in [0, 0.1) is 0 Å². The Labute approximate surface area is 149 Å². The molecule has 1 aliphatic heterocycles. The largest absolute Gasteiger partial charge is 0.497 e. The summed E-state index contributed by atoms with van der Waals surface area (Å²) < 4.78 is 5.19. The number of anilines is 1. The molecule has 0 saturated carbocycles. The molecule has 1 amide bonds. The molecule has 1 saturated heterocycles. The van der Waals surface area contributed by atoms with Crippen LogP contribution in [0.3, 0.4) is 0 Å². The molecule has 0 radical (unpaired) electrons. The number of piperazine rings is 1. The highest BCUT2D eigenvalue weighted by Gasteiger charge is 2.25. The van der Waals surface area contributed by atoms with Gasteiger partial charge < -0.3 is 20.3 Å². The molecule has 2 N–H and O–H groups in total. The number of methoxy groups -OCH3 is 1. The third kappa shape index (κ3) is 4.31. The van der Waals surface area contributed by atoms with Gasteiger partial charge in [0.25, 0.3) is 0 Å². The minimum absolute atomic E-state index is 0.0400. The first kappa shape index (κ1) is 17.3. The van der Waals surface area contributed by atoms with Crippen LogP contribution in [0.1, 0.15) is 5.56 Å². The maximum atomic E-state index is 12.6. The molecule has 5 heteroatoms. The van der Waals surface area contributed by atoms with Gasteiger partial charge in [-0.15, -0.1) is 0 Å². The maximum absolute atomic E-state index is 12.6. The fraction of sp³-hybridized carbons (Fsp3) is 0.350. The summed E-state index contributed by atoms with van der Waals surface area (Å²) in [5.74, 6) is 0.891. The minimum Gasteiger partial charge on any atom is -0.497 e. The van der Waals surface area contributed by atoms with Crippen LogP contribution in [0.25, 0.3) is 0 Å². The maximum Gasteiger partial charge on any atom is 0.239 e. The van der Waals surface area contributed by atoms with Crippen LogP contribution in [0.15, 0.2) is 54.6 Å². The number of carbonyl (C=O) groups is 1. The molecule has 132 valence electrons. The van der Waals surface area contributed by atoms with Gasteiger partial charge in [0.1, 0.15) is 5.75 Å². The molecular formula is C20H25N3O2. The molecule has 1 atom stereocenters. The number of nitrogens with two attached hydrogens (primary N) is 1. The van der Waals surface area contributed by atoms with E-state index in [1.165, 1.54) is 0 Å². The fourth-order valence-electron chi connectivity index (χ4n) is 3.17. The predicted molar refractivity (Wildman–Crippen MR) is 99.9 cm³/mol. The van der Waals surface area contributed by atoms with E-state index in [4.69, 9.17) is 10.5 Å². The van der Waals surface area contributed by atoms with Crippen molar-refractivity contribution in [3.63, 3.8) is 0 Å². The summed E-state index contributed by atoms with van der Waals surface area (Å²) in [6.07, 6.45) is 0.582. The van der Waals surface area contributed by atoms with Gasteiger partial charge in [-0.2, -0.15) is 0 Å². The zero-order chi connectivity index (χ0) is 17.6. The van der Waals surface area contributed by atoms with Crippen LogP contribution in [0.4, 0.5) is 5.69 Å². The van der Waals surface area contributed by atoms with Crippen molar-refractivity contribution in [1.29, 1.82) is 0 Å². The van der Waals surface area contributed by atoms with Crippen molar-refractivity contribution in [3.8, 4) is 5.75 Å². The average Bonchev–Trinajstić information content (AvgIpc) is 2.68. The summed E-state index contributed by atoms with van der Waals surface area (Å²) in [4.78, 5) is 16.8. The Balaban J connectivity index is 1.53. The molecule has 1 heterocycles. The predicted octanol–water partition coefficient (Wildman–Crippen LogP) is 1.91. The lowest BCUT2D eigenvalue weighted by Gasteiger charge is -2.37. The van der Waals surface area contributed by atoms with Gasteiger partial charge in [0.2, 0.25) is 5.91 Å². The molecule has 0 unspecified atom stereocenters. The zero-order valence-corrected chi connectivity index (χ0v) is 14.6. The Morgan fingerprint density at radius 3 is 2.28 bits per heavy atom. The first-order valence-corrected chi connectivity index (χ1v) is 8.64. The molecule has 0 aromatic heterocycles. The highest BCUT2D eigenvalue weighted by molar-refractivity contribution is 5.82. The lowest BCUT2D eigenvalue weighted by atomic mass is 10.1. The van der Waals surface area contributed by atoms with Crippen LogP contribution in [0.2, 0.25) is 0 Å². The van der Waals surface area contributed by atoms with Gasteiger partial charge in [0.05, 0.1) is 13.2 Å². The van der Waals surface area contributed by atoms with Crippen LogP contribution >= 0.6 is 0 Å². The molecule has 25 heavy (non-hydrogen) atoms. The number of carbonyl (C=O) groups excluding carboxylic acids is 1. The molecule has 5 nitrogen and oxygen atoms in total. The summed E-state index contributed by atoms with van der Waals surface area (Å²) in [6.45, 7) is 3.03. The third-order valence-electron chi connectivity index (χ3n) is 4.64. The monoisotopic (exact) mass is 339 g/mol. The quantitative estimate of drug-likeness (QED) is 0.904. The molecule has 1 aliphatic rings. The van der Waals surface area contributed by atoms with Crippen LogP contribution in [0.5, 0.6) is 5.75 Å². The molecule has 0 bridgehead atoms. The number of nitrogens with zero attached hydrogens (tertiary/aromatic N) is 2. The second kappa shape index (κ2) is 8.03. The number of hydrogen-bond acceptors (Lipinski definition) is 4. The first-order valence-electron chi connectivity index (χ1n) is 8.64. The Morgan fingerprint density at radius 1 is 1.04 bits per heavy atom. The summed E-state index contributed by atoms with van der Waals surface area (Å²) in [6, 6.07) is 17.5. The Hall–Kier alpha value is -2.53. The van der Waals surface area contributed by atoms with E-state index in [9.17, 15) is 4.79 Å². The second-order valence-corrected chi connectivity index (χ2v) is 6.31. The normalized spacial score (nSPS) is 15.8. The van der Waals surface area contributed by atoms with Gasteiger partial charge in [-0.1, -0.05) is 30.3 Å². The van der Waals surface area contributed by atoms with Crippen molar-refractivity contribution in [1.82, 2.24) is 4.90 Å². The van der Waals surface area contributed by atoms with E-state index in [2.05, 4.69) is 17.0 Å². The number of ether oxygens (including phenoxy) is 1. The Morgan fingerprint density at radius 2 is 1.68 bits per heavy atom. The van der Waals surface area contributed by atoms with Crippen molar-refractivity contribution in [3.05, 3.63) is 60.2 Å². The molecule has 1 fully saturated rings. The van der Waals surface area contributed by atoms with Crippen molar-refractivity contribution in [2.75, 3.05) is 38.2 Å². The molecule has 0 spiro atoms. The molecule has 3 rings (SSSR count). The van der Waals surface area contributed by atoms with Crippen molar-refractivity contribution < 1.29 is 9.53 Å². The van der Waals surface area contributed by atoms with Gasteiger partial charge in [0, 0.05) is 31.9 Å². The summed E-state index contributed by atoms with van der Waals surface area (Å²) in [5, 5.41) is 0. The molecule has 0 aliphatic carbocycles. The van der Waals surface area contributed by atoms with Gasteiger partial charge >= 0.3 is 0 Å². The lowest BCUT2D eigenvalue weighted by molar-refractivity contribution is -0.132. The second-order valence-electron chi connectivity index (χ2n) is 6.31. The Bertz CT molecular complexity index is 680. The van der Waals surface area contributed by atoms with E-state index in [0.29, 0.717) is 19.5 Å². The molecule has 2 aromatic rings. The van der Waals surface area contributed by atoms with Gasteiger partial charge in [-0.3, -0.25) is 4.79 Å². The number of rotatable bonds is 5. The van der Waals surface area contributed by atoms with Crippen LogP contribution < -0.4 is 15.4 Å². The van der Waals surface area contributed by atoms with E-state index in [-0.39, 0.29) is 5.91 Å². The van der Waals surface area contributed by atoms with E-state index >= 15 is 0 Å². The lowest BCUT2D eigenvalue weighted by Crippen LogP contribution is -2.53. The first-order chi connectivity index (χ1) is 12.2. The summed E-state index contributed by atoms with van der Waals surface area (Å²) >= 11 is 0. The summed E-state index contributed by atoms with van der Waals surface area (Å²) in [5.41, 5.74) is 8.39. The number of hydrogen-bond donors (Lipinski definition) is 1. The zero-order valence-electron chi connectivity index (χ0n) is 14.6. The van der Waals surface area contributed by atoms with Crippen molar-refractivity contribution in [2.24, 2.45) is 5.73 Å². The van der Waals surface area contributed by atoms with Crippen LogP contribution in [-0.2, 0) is 11.2 Å². The van der Waals surface area contributed by atoms with E-state index in [0.717, 1.165) is 30.1 Å².